The van der Waals surface area contributed by atoms with Gasteiger partial charge in [0.15, 0.2) is 5.43 Å². The van der Waals surface area contributed by atoms with Gasteiger partial charge in [0.25, 0.3) is 0 Å². The van der Waals surface area contributed by atoms with Crippen LogP contribution >= 0.6 is 12.4 Å². The van der Waals surface area contributed by atoms with Crippen molar-refractivity contribution in [2.45, 2.75) is 33.3 Å². The minimum Gasteiger partial charge on any atom is -0.506 e. The third-order valence-corrected chi connectivity index (χ3v) is 4.58. The fourth-order valence-corrected chi connectivity index (χ4v) is 3.28. The Morgan fingerprint density at radius 3 is 2.58 bits per heavy atom. The van der Waals surface area contributed by atoms with Gasteiger partial charge in [0.1, 0.15) is 28.1 Å². The molecule has 0 aliphatic rings. The fraction of sp³-hybridized carbons (Fsp3) is 0.421. The van der Waals surface area contributed by atoms with Crippen LogP contribution in [0.3, 0.4) is 0 Å². The first-order valence-electron chi connectivity index (χ1n) is 8.52. The van der Waals surface area contributed by atoms with Gasteiger partial charge in [-0.15, -0.1) is 12.4 Å². The average Bonchev–Trinajstić information content (AvgIpc) is 2.98. The Morgan fingerprint density at radius 2 is 1.92 bits per heavy atom. The number of nitrogens with zero attached hydrogens (tertiary/aromatic N) is 1. The van der Waals surface area contributed by atoms with Gasteiger partial charge < -0.3 is 23.9 Å². The van der Waals surface area contributed by atoms with Crippen LogP contribution in [0.15, 0.2) is 32.0 Å². The lowest BCUT2D eigenvalue weighted by Gasteiger charge is -2.22. The number of halogens is 1. The van der Waals surface area contributed by atoms with Gasteiger partial charge in [0.2, 0.25) is 0 Å². The summed E-state index contributed by atoms with van der Waals surface area (Å²) in [6, 6.07) is 2.97. The van der Waals surface area contributed by atoms with E-state index in [1.54, 1.807) is 13.0 Å². The number of hydrogen-bond donors (Lipinski definition) is 2. The van der Waals surface area contributed by atoms with E-state index in [0.717, 1.165) is 13.1 Å². The molecule has 2 aromatic heterocycles. The summed E-state index contributed by atoms with van der Waals surface area (Å²) in [5, 5.41) is 21.6. The molecule has 1 atom stereocenters. The van der Waals surface area contributed by atoms with E-state index in [-0.39, 0.29) is 41.0 Å². The summed E-state index contributed by atoms with van der Waals surface area (Å²) in [6.07, 6.45) is 0.919. The Bertz CT molecular complexity index is 958. The highest BCUT2D eigenvalue weighted by atomic mass is 35.5. The number of hydrogen-bond acceptors (Lipinski definition) is 6. The van der Waals surface area contributed by atoms with Crippen molar-refractivity contribution in [3.63, 3.8) is 0 Å². The molecule has 0 aliphatic carbocycles. The summed E-state index contributed by atoms with van der Waals surface area (Å²) in [5.41, 5.74) is 1.01. The summed E-state index contributed by atoms with van der Waals surface area (Å²) in [4.78, 5) is 14.4. The number of aliphatic hydroxyl groups is 1. The van der Waals surface area contributed by atoms with Gasteiger partial charge in [0, 0.05) is 24.6 Å². The number of phenolic OH excluding ortho intramolecular Hbond substituents is 1. The number of aryl methyl sites for hydroxylation is 1. The maximum atomic E-state index is 12.2. The first-order chi connectivity index (χ1) is 12.0. The quantitative estimate of drug-likeness (QED) is 0.681. The van der Waals surface area contributed by atoms with Gasteiger partial charge in [-0.2, -0.15) is 0 Å². The zero-order valence-corrected chi connectivity index (χ0v) is 15.9. The molecule has 0 saturated heterocycles. The number of phenols is 1. The Labute approximate surface area is 157 Å². The van der Waals surface area contributed by atoms with Crippen LogP contribution in [-0.4, -0.2) is 40.9 Å². The number of aliphatic hydroxyl groups excluding tert-OH is 1. The highest BCUT2D eigenvalue weighted by molar-refractivity contribution is 6.04. The lowest BCUT2D eigenvalue weighted by atomic mass is 10.0. The number of furan rings is 1. The maximum Gasteiger partial charge on any atom is 0.196 e. The molecule has 0 radical (unpaired) electrons. The van der Waals surface area contributed by atoms with Crippen LogP contribution in [0, 0.1) is 6.92 Å². The normalized spacial score (nSPS) is 12.7. The predicted octanol–water partition coefficient (Wildman–Crippen LogP) is 3.22. The highest BCUT2D eigenvalue weighted by Crippen LogP contribution is 2.38. The van der Waals surface area contributed by atoms with E-state index in [1.165, 1.54) is 12.3 Å². The molecular weight excluding hydrogens is 358 g/mol. The molecular formula is C19H24ClNO5. The SMILES string of the molecule is CCN(CC)CC(O)Cc1c2oc(C)cc2c(O)c2c(=O)ccoc12.Cl. The molecule has 0 spiro atoms. The summed E-state index contributed by atoms with van der Waals surface area (Å²) >= 11 is 0. The second-order valence-corrected chi connectivity index (χ2v) is 6.26. The van der Waals surface area contributed by atoms with Gasteiger partial charge in [-0.05, 0) is 26.1 Å². The van der Waals surface area contributed by atoms with Gasteiger partial charge in [-0.25, -0.2) is 0 Å². The van der Waals surface area contributed by atoms with E-state index in [9.17, 15) is 15.0 Å². The maximum absolute atomic E-state index is 12.2. The average molecular weight is 382 g/mol. The number of rotatable bonds is 6. The molecule has 0 saturated carbocycles. The molecule has 3 aromatic rings. The van der Waals surface area contributed by atoms with Gasteiger partial charge in [0.05, 0.1) is 17.8 Å². The molecule has 0 bridgehead atoms. The van der Waals surface area contributed by atoms with Gasteiger partial charge in [-0.3, -0.25) is 4.79 Å². The first kappa shape index (κ1) is 20.3. The lowest BCUT2D eigenvalue weighted by molar-refractivity contribution is 0.118. The molecule has 3 rings (SSSR count). The van der Waals surface area contributed by atoms with E-state index in [1.807, 2.05) is 13.8 Å². The summed E-state index contributed by atoms with van der Waals surface area (Å²) in [5.74, 6) is 0.478. The van der Waals surface area contributed by atoms with Crippen molar-refractivity contribution < 1.29 is 19.0 Å². The van der Waals surface area contributed by atoms with E-state index in [0.29, 0.717) is 28.8 Å². The highest BCUT2D eigenvalue weighted by Gasteiger charge is 2.23. The van der Waals surface area contributed by atoms with Crippen LogP contribution in [0.4, 0.5) is 0 Å². The van der Waals surface area contributed by atoms with Crippen LogP contribution in [0.1, 0.15) is 25.2 Å². The minimum atomic E-state index is -0.647. The summed E-state index contributed by atoms with van der Waals surface area (Å²) in [6.45, 7) is 8.05. The van der Waals surface area contributed by atoms with E-state index >= 15 is 0 Å². The second-order valence-electron chi connectivity index (χ2n) is 6.26. The molecule has 7 heteroatoms. The molecule has 0 aliphatic heterocycles. The molecule has 26 heavy (non-hydrogen) atoms. The molecule has 2 N–H and O–H groups in total. The van der Waals surface area contributed by atoms with Crippen LogP contribution in [0.25, 0.3) is 21.9 Å². The zero-order chi connectivity index (χ0) is 18.1. The van der Waals surface area contributed by atoms with E-state index in [4.69, 9.17) is 8.83 Å². The molecule has 2 heterocycles. The van der Waals surface area contributed by atoms with Crippen LogP contribution in [-0.2, 0) is 6.42 Å². The van der Waals surface area contributed by atoms with Gasteiger partial charge in [-0.1, -0.05) is 13.8 Å². The summed E-state index contributed by atoms with van der Waals surface area (Å²) in [7, 11) is 0. The third kappa shape index (κ3) is 3.58. The molecule has 0 fully saturated rings. The van der Waals surface area contributed by atoms with Crippen molar-refractivity contribution in [2.75, 3.05) is 19.6 Å². The zero-order valence-electron chi connectivity index (χ0n) is 15.1. The van der Waals surface area contributed by atoms with Crippen molar-refractivity contribution in [3.05, 3.63) is 39.9 Å². The minimum absolute atomic E-state index is 0. The van der Waals surface area contributed by atoms with Gasteiger partial charge >= 0.3 is 0 Å². The standard InChI is InChI=1S/C19H23NO5.ClH/c1-4-20(5-2)10-12(21)9-14-18-13(8-11(3)25-18)17(23)16-15(22)6-7-24-19(14)16;/h6-8,12,21,23H,4-5,9-10H2,1-3H3;1H. The van der Waals surface area contributed by atoms with E-state index < -0.39 is 6.10 Å². The number of likely N-dealkylation sites (N-methyl/N-ethyl adjacent to an activating group) is 1. The molecule has 142 valence electrons. The van der Waals surface area contributed by atoms with Crippen molar-refractivity contribution in [3.8, 4) is 5.75 Å². The van der Waals surface area contributed by atoms with Crippen LogP contribution in [0.5, 0.6) is 5.75 Å². The Kier molecular flexibility index (Phi) is 6.34. The monoisotopic (exact) mass is 381 g/mol. The molecule has 1 unspecified atom stereocenters. The smallest absolute Gasteiger partial charge is 0.196 e. The van der Waals surface area contributed by atoms with Crippen LogP contribution < -0.4 is 5.43 Å². The predicted molar refractivity (Wildman–Crippen MR) is 103 cm³/mol. The molecule has 6 nitrogen and oxygen atoms in total. The Balaban J connectivity index is 0.00000243. The molecule has 1 aromatic carbocycles. The Morgan fingerprint density at radius 1 is 1.23 bits per heavy atom. The van der Waals surface area contributed by atoms with E-state index in [2.05, 4.69) is 4.90 Å². The number of fused-ring (bicyclic) bond motifs is 2. The second kappa shape index (κ2) is 8.12. The summed E-state index contributed by atoms with van der Waals surface area (Å²) < 4.78 is 11.3. The number of aromatic hydroxyl groups is 1. The molecule has 0 amide bonds. The largest absolute Gasteiger partial charge is 0.506 e. The topological polar surface area (TPSA) is 87.0 Å². The van der Waals surface area contributed by atoms with Crippen molar-refractivity contribution >= 4 is 34.3 Å². The number of benzene rings is 1. The fourth-order valence-electron chi connectivity index (χ4n) is 3.28. The third-order valence-electron chi connectivity index (χ3n) is 4.58. The Hall–Kier alpha value is -2.02. The first-order valence-corrected chi connectivity index (χ1v) is 8.52. The van der Waals surface area contributed by atoms with Crippen molar-refractivity contribution in [1.29, 1.82) is 0 Å². The lowest BCUT2D eigenvalue weighted by Crippen LogP contribution is -2.33. The van der Waals surface area contributed by atoms with Crippen molar-refractivity contribution in [1.82, 2.24) is 4.90 Å². The van der Waals surface area contributed by atoms with Crippen LogP contribution in [0.2, 0.25) is 0 Å². The van der Waals surface area contributed by atoms with Crippen molar-refractivity contribution in [2.24, 2.45) is 0 Å².